The molecule has 0 atom stereocenters. The van der Waals surface area contributed by atoms with Crippen LogP contribution in [0, 0.1) is 0 Å². The van der Waals surface area contributed by atoms with E-state index in [4.69, 9.17) is 11.6 Å². The van der Waals surface area contributed by atoms with Crippen LogP contribution >= 0.6 is 35.6 Å². The fourth-order valence-corrected chi connectivity index (χ4v) is 1.80. The van der Waals surface area contributed by atoms with Crippen LogP contribution < -0.4 is 10.6 Å². The van der Waals surface area contributed by atoms with Crippen LogP contribution in [0.15, 0.2) is 41.4 Å². The number of hydrogen-bond acceptors (Lipinski definition) is 2. The molecule has 0 spiro atoms. The topological polar surface area (TPSA) is 56.7 Å². The van der Waals surface area contributed by atoms with E-state index in [9.17, 15) is 4.79 Å². The van der Waals surface area contributed by atoms with Crippen LogP contribution in [0.1, 0.15) is 12.5 Å². The van der Waals surface area contributed by atoms with Crippen molar-refractivity contribution >= 4 is 47.4 Å². The Bertz CT molecular complexity index is 558. The molecule has 0 bridgehead atoms. The Morgan fingerprint density at radius 3 is 2.42 bits per heavy atom. The van der Waals surface area contributed by atoms with E-state index in [-0.39, 0.29) is 36.4 Å². The number of halogens is 2. The van der Waals surface area contributed by atoms with Gasteiger partial charge in [0.05, 0.1) is 0 Å². The SMILES string of the molecule is C=C(C)CNC(=NCC(=O)N(C)C)NCCc1ccc(Cl)cc1.I. The number of hydrogen-bond donors (Lipinski definition) is 2. The zero-order chi connectivity index (χ0) is 17.2. The lowest BCUT2D eigenvalue weighted by molar-refractivity contribution is -0.127. The maximum absolute atomic E-state index is 11.6. The van der Waals surface area contributed by atoms with Crippen molar-refractivity contribution < 1.29 is 4.79 Å². The largest absolute Gasteiger partial charge is 0.356 e. The molecule has 0 saturated carbocycles. The first-order valence-electron chi connectivity index (χ1n) is 7.49. The van der Waals surface area contributed by atoms with Crippen molar-refractivity contribution in [3.8, 4) is 0 Å². The number of rotatable bonds is 7. The van der Waals surface area contributed by atoms with E-state index in [0.717, 1.165) is 17.0 Å². The van der Waals surface area contributed by atoms with Crippen LogP contribution in [-0.2, 0) is 11.2 Å². The third-order valence-corrected chi connectivity index (χ3v) is 3.30. The van der Waals surface area contributed by atoms with Gasteiger partial charge in [-0.3, -0.25) is 4.79 Å². The molecule has 1 rings (SSSR count). The Kier molecular flexibility index (Phi) is 11.5. The highest BCUT2D eigenvalue weighted by Gasteiger charge is 2.04. The summed E-state index contributed by atoms with van der Waals surface area (Å²) in [6.07, 6.45) is 0.840. The van der Waals surface area contributed by atoms with Gasteiger partial charge in [0.25, 0.3) is 0 Å². The first-order chi connectivity index (χ1) is 10.9. The van der Waals surface area contributed by atoms with Gasteiger partial charge in [0.15, 0.2) is 5.96 Å². The van der Waals surface area contributed by atoms with Crippen LogP contribution in [-0.4, -0.2) is 50.5 Å². The van der Waals surface area contributed by atoms with Gasteiger partial charge in [0.1, 0.15) is 6.54 Å². The molecule has 0 unspecified atom stereocenters. The second kappa shape index (κ2) is 12.1. The summed E-state index contributed by atoms with van der Waals surface area (Å²) in [5.74, 6) is 0.566. The summed E-state index contributed by atoms with van der Waals surface area (Å²) < 4.78 is 0. The van der Waals surface area contributed by atoms with Gasteiger partial charge in [-0.1, -0.05) is 35.9 Å². The summed E-state index contributed by atoms with van der Waals surface area (Å²) in [4.78, 5) is 17.5. The molecule has 1 amide bonds. The number of amides is 1. The second-order valence-corrected chi connectivity index (χ2v) is 6.00. The van der Waals surface area contributed by atoms with Gasteiger partial charge in [0.2, 0.25) is 5.91 Å². The number of nitrogens with zero attached hydrogens (tertiary/aromatic N) is 2. The molecule has 0 fully saturated rings. The zero-order valence-corrected chi connectivity index (χ0v) is 17.5. The Balaban J connectivity index is 0.00000529. The minimum absolute atomic E-state index is 0. The van der Waals surface area contributed by atoms with E-state index in [0.29, 0.717) is 19.0 Å². The maximum Gasteiger partial charge on any atom is 0.243 e. The highest BCUT2D eigenvalue weighted by atomic mass is 127. The third-order valence-electron chi connectivity index (χ3n) is 3.05. The quantitative estimate of drug-likeness (QED) is 0.282. The first-order valence-corrected chi connectivity index (χ1v) is 7.87. The van der Waals surface area contributed by atoms with E-state index < -0.39 is 0 Å². The standard InChI is InChI=1S/C17H25ClN4O.HI/c1-13(2)11-20-17(21-12-16(23)22(3)4)19-10-9-14-5-7-15(18)8-6-14;/h5-8H,1,9-12H2,2-4H3,(H2,19,20,21);1H. The van der Waals surface area contributed by atoms with Gasteiger partial charge in [-0.2, -0.15) is 0 Å². The van der Waals surface area contributed by atoms with Gasteiger partial charge in [-0.25, -0.2) is 4.99 Å². The summed E-state index contributed by atoms with van der Waals surface area (Å²) >= 11 is 5.87. The number of carbonyl (C=O) groups is 1. The minimum atomic E-state index is -0.0425. The molecule has 7 heteroatoms. The zero-order valence-electron chi connectivity index (χ0n) is 14.4. The first kappa shape index (κ1) is 22.7. The third kappa shape index (κ3) is 9.77. The lowest BCUT2D eigenvalue weighted by Crippen LogP contribution is -2.40. The molecular formula is C17H26ClIN4O. The summed E-state index contributed by atoms with van der Waals surface area (Å²) in [5.41, 5.74) is 2.18. The maximum atomic E-state index is 11.6. The van der Waals surface area contributed by atoms with Crippen LogP contribution in [0.4, 0.5) is 0 Å². The van der Waals surface area contributed by atoms with Crippen LogP contribution in [0.5, 0.6) is 0 Å². The molecule has 1 aromatic rings. The Morgan fingerprint density at radius 2 is 1.88 bits per heavy atom. The van der Waals surface area contributed by atoms with Gasteiger partial charge >= 0.3 is 0 Å². The van der Waals surface area contributed by atoms with E-state index >= 15 is 0 Å². The molecule has 2 N–H and O–H groups in total. The number of carbonyl (C=O) groups excluding carboxylic acids is 1. The van der Waals surface area contributed by atoms with Crippen molar-refractivity contribution in [3.63, 3.8) is 0 Å². The number of benzene rings is 1. The smallest absolute Gasteiger partial charge is 0.243 e. The predicted molar refractivity (Wildman–Crippen MR) is 112 cm³/mol. The molecule has 1 aromatic carbocycles. The van der Waals surface area contributed by atoms with Crippen molar-refractivity contribution in [1.82, 2.24) is 15.5 Å². The van der Waals surface area contributed by atoms with Crippen molar-refractivity contribution in [3.05, 3.63) is 47.0 Å². The molecule has 5 nitrogen and oxygen atoms in total. The monoisotopic (exact) mass is 464 g/mol. The summed E-state index contributed by atoms with van der Waals surface area (Å²) in [5, 5.41) is 7.11. The second-order valence-electron chi connectivity index (χ2n) is 5.57. The van der Waals surface area contributed by atoms with Gasteiger partial charge < -0.3 is 15.5 Å². The molecule has 0 saturated heterocycles. The molecule has 0 radical (unpaired) electrons. The van der Waals surface area contributed by atoms with E-state index in [2.05, 4.69) is 22.2 Å². The van der Waals surface area contributed by atoms with Crippen molar-refractivity contribution in [2.45, 2.75) is 13.3 Å². The van der Waals surface area contributed by atoms with Crippen LogP contribution in [0.2, 0.25) is 5.02 Å². The lowest BCUT2D eigenvalue weighted by atomic mass is 10.1. The van der Waals surface area contributed by atoms with Crippen LogP contribution in [0.25, 0.3) is 0 Å². The summed E-state index contributed by atoms with van der Waals surface area (Å²) in [7, 11) is 3.43. The fourth-order valence-electron chi connectivity index (χ4n) is 1.67. The highest BCUT2D eigenvalue weighted by Crippen LogP contribution is 2.09. The molecule has 0 aliphatic rings. The van der Waals surface area contributed by atoms with Gasteiger partial charge in [-0.15, -0.1) is 24.0 Å². The number of nitrogens with one attached hydrogen (secondary N) is 2. The molecule has 24 heavy (non-hydrogen) atoms. The minimum Gasteiger partial charge on any atom is -0.356 e. The number of likely N-dealkylation sites (N-methyl/N-ethyl adjacent to an activating group) is 1. The van der Waals surface area contributed by atoms with Crippen LogP contribution in [0.3, 0.4) is 0 Å². The number of guanidine groups is 1. The van der Waals surface area contributed by atoms with Crippen molar-refractivity contribution in [2.24, 2.45) is 4.99 Å². The van der Waals surface area contributed by atoms with E-state index in [1.54, 1.807) is 14.1 Å². The normalized spacial score (nSPS) is 10.6. The molecule has 0 aliphatic carbocycles. The molecule has 0 heterocycles. The predicted octanol–water partition coefficient (Wildman–Crippen LogP) is 2.70. The Hall–Kier alpha value is -1.28. The summed E-state index contributed by atoms with van der Waals surface area (Å²) in [6.45, 7) is 7.22. The molecular weight excluding hydrogens is 439 g/mol. The lowest BCUT2D eigenvalue weighted by Gasteiger charge is -2.14. The van der Waals surface area contributed by atoms with E-state index in [1.807, 2.05) is 31.2 Å². The highest BCUT2D eigenvalue weighted by molar-refractivity contribution is 14.0. The average molecular weight is 465 g/mol. The fraction of sp³-hybridized carbons (Fsp3) is 0.412. The average Bonchev–Trinajstić information content (AvgIpc) is 2.50. The van der Waals surface area contributed by atoms with Gasteiger partial charge in [0, 0.05) is 32.2 Å². The number of aliphatic imine (C=N–C) groups is 1. The Labute approximate surface area is 166 Å². The molecule has 134 valence electrons. The van der Waals surface area contributed by atoms with E-state index in [1.165, 1.54) is 10.5 Å². The van der Waals surface area contributed by atoms with Gasteiger partial charge in [-0.05, 0) is 31.0 Å². The molecule has 0 aliphatic heterocycles. The summed E-state index contributed by atoms with van der Waals surface area (Å²) in [6, 6.07) is 7.75. The van der Waals surface area contributed by atoms with Crippen molar-refractivity contribution in [1.29, 1.82) is 0 Å². The molecule has 0 aromatic heterocycles. The van der Waals surface area contributed by atoms with Crippen molar-refractivity contribution in [2.75, 3.05) is 33.7 Å². The Morgan fingerprint density at radius 1 is 1.25 bits per heavy atom.